The van der Waals surface area contributed by atoms with Gasteiger partial charge in [0.2, 0.25) is 0 Å². The van der Waals surface area contributed by atoms with E-state index in [1.54, 1.807) is 0 Å². The normalized spacial score (nSPS) is 24.4. The Kier molecular flexibility index (Phi) is 5.51. The summed E-state index contributed by atoms with van der Waals surface area (Å²) in [6.45, 7) is 5.49. The smallest absolute Gasteiger partial charge is 0.133 e. The van der Waals surface area contributed by atoms with Gasteiger partial charge < -0.3 is 9.84 Å². The van der Waals surface area contributed by atoms with Crippen molar-refractivity contribution < 1.29 is 9.84 Å². The molecule has 1 aromatic carbocycles. The van der Waals surface area contributed by atoms with Gasteiger partial charge >= 0.3 is 0 Å². The van der Waals surface area contributed by atoms with Crippen LogP contribution >= 0.6 is 27.5 Å². The zero-order chi connectivity index (χ0) is 13.8. The Balaban J connectivity index is 1.77. The SMILES string of the molecule is CC1CN(CCOc2ccc(Cl)cc2Br)CCC1O. The van der Waals surface area contributed by atoms with Gasteiger partial charge in [0.25, 0.3) is 0 Å². The van der Waals surface area contributed by atoms with Crippen molar-refractivity contribution in [3.05, 3.63) is 27.7 Å². The summed E-state index contributed by atoms with van der Waals surface area (Å²) in [6.07, 6.45) is 0.703. The molecule has 1 N–H and O–H groups in total. The van der Waals surface area contributed by atoms with E-state index in [2.05, 4.69) is 27.8 Å². The van der Waals surface area contributed by atoms with Gasteiger partial charge in [-0.3, -0.25) is 4.90 Å². The van der Waals surface area contributed by atoms with E-state index in [9.17, 15) is 5.11 Å². The summed E-state index contributed by atoms with van der Waals surface area (Å²) in [4.78, 5) is 2.33. The number of hydrogen-bond acceptors (Lipinski definition) is 3. The second-order valence-electron chi connectivity index (χ2n) is 5.06. The maximum Gasteiger partial charge on any atom is 0.133 e. The fourth-order valence-corrected chi connectivity index (χ4v) is 3.10. The third kappa shape index (κ3) is 4.35. The van der Waals surface area contributed by atoms with E-state index in [-0.39, 0.29) is 6.10 Å². The predicted octanol–water partition coefficient (Wildman–Crippen LogP) is 3.18. The Labute approximate surface area is 127 Å². The molecular formula is C14H19BrClNO2. The summed E-state index contributed by atoms with van der Waals surface area (Å²) in [6, 6.07) is 5.52. The number of aliphatic hydroxyl groups excluding tert-OH is 1. The van der Waals surface area contributed by atoms with Crippen LogP contribution in [0.5, 0.6) is 5.75 Å². The first-order valence-corrected chi connectivity index (χ1v) is 7.71. The molecule has 0 bridgehead atoms. The Bertz CT molecular complexity index is 430. The minimum atomic E-state index is -0.150. The second-order valence-corrected chi connectivity index (χ2v) is 6.35. The fraction of sp³-hybridized carbons (Fsp3) is 0.571. The molecule has 1 aromatic rings. The van der Waals surface area contributed by atoms with Crippen LogP contribution in [0.15, 0.2) is 22.7 Å². The van der Waals surface area contributed by atoms with Gasteiger partial charge in [-0.2, -0.15) is 0 Å². The van der Waals surface area contributed by atoms with Crippen molar-refractivity contribution >= 4 is 27.5 Å². The lowest BCUT2D eigenvalue weighted by Crippen LogP contribution is -2.43. The first-order chi connectivity index (χ1) is 9.06. The van der Waals surface area contributed by atoms with Gasteiger partial charge in [-0.1, -0.05) is 18.5 Å². The topological polar surface area (TPSA) is 32.7 Å². The maximum absolute atomic E-state index is 9.68. The van der Waals surface area contributed by atoms with Crippen LogP contribution in [0, 0.1) is 5.92 Å². The molecule has 1 aliphatic heterocycles. The van der Waals surface area contributed by atoms with Gasteiger partial charge in [0, 0.05) is 24.7 Å². The van der Waals surface area contributed by atoms with E-state index >= 15 is 0 Å². The monoisotopic (exact) mass is 347 g/mol. The van der Waals surface area contributed by atoms with Gasteiger partial charge in [-0.15, -0.1) is 0 Å². The molecule has 5 heteroatoms. The van der Waals surface area contributed by atoms with Gasteiger partial charge in [-0.25, -0.2) is 0 Å². The van der Waals surface area contributed by atoms with E-state index in [1.807, 2.05) is 18.2 Å². The molecule has 0 spiro atoms. The lowest BCUT2D eigenvalue weighted by molar-refractivity contribution is 0.0304. The van der Waals surface area contributed by atoms with Crippen molar-refractivity contribution in [3.63, 3.8) is 0 Å². The summed E-state index contributed by atoms with van der Waals surface area (Å²) in [5, 5.41) is 10.4. The number of nitrogens with zero attached hydrogens (tertiary/aromatic N) is 1. The van der Waals surface area contributed by atoms with Gasteiger partial charge in [0.05, 0.1) is 10.6 Å². The Morgan fingerprint density at radius 1 is 1.53 bits per heavy atom. The highest BCUT2D eigenvalue weighted by molar-refractivity contribution is 9.10. The summed E-state index contributed by atoms with van der Waals surface area (Å²) < 4.78 is 6.62. The minimum Gasteiger partial charge on any atom is -0.491 e. The van der Waals surface area contributed by atoms with Crippen LogP contribution in [0.2, 0.25) is 5.02 Å². The number of benzene rings is 1. The average molecular weight is 349 g/mol. The van der Waals surface area contributed by atoms with Crippen LogP contribution in [0.1, 0.15) is 13.3 Å². The van der Waals surface area contributed by atoms with Crippen molar-refractivity contribution in [1.82, 2.24) is 4.90 Å². The zero-order valence-corrected chi connectivity index (χ0v) is 13.3. The van der Waals surface area contributed by atoms with E-state index in [4.69, 9.17) is 16.3 Å². The molecular weight excluding hydrogens is 330 g/mol. The highest BCUT2D eigenvalue weighted by Gasteiger charge is 2.23. The molecule has 19 heavy (non-hydrogen) atoms. The Hall–Kier alpha value is -0.290. The molecule has 2 atom stereocenters. The number of ether oxygens (including phenoxy) is 1. The van der Waals surface area contributed by atoms with Crippen LogP contribution in [0.4, 0.5) is 0 Å². The molecule has 2 rings (SSSR count). The molecule has 1 fully saturated rings. The highest BCUT2D eigenvalue weighted by Crippen LogP contribution is 2.28. The molecule has 0 aromatic heterocycles. The third-order valence-electron chi connectivity index (χ3n) is 3.50. The lowest BCUT2D eigenvalue weighted by Gasteiger charge is -2.34. The summed E-state index contributed by atoms with van der Waals surface area (Å²) >= 11 is 9.32. The van der Waals surface area contributed by atoms with Gasteiger partial charge in [0.1, 0.15) is 12.4 Å². The van der Waals surface area contributed by atoms with Crippen LogP contribution < -0.4 is 4.74 Å². The van der Waals surface area contributed by atoms with E-state index in [1.165, 1.54) is 0 Å². The van der Waals surface area contributed by atoms with Crippen molar-refractivity contribution in [2.24, 2.45) is 5.92 Å². The zero-order valence-electron chi connectivity index (χ0n) is 11.0. The largest absolute Gasteiger partial charge is 0.491 e. The Morgan fingerprint density at radius 2 is 2.32 bits per heavy atom. The van der Waals surface area contributed by atoms with Crippen LogP contribution in [0.3, 0.4) is 0 Å². The number of piperidine rings is 1. The molecule has 2 unspecified atom stereocenters. The molecule has 1 saturated heterocycles. The van der Waals surface area contributed by atoms with Crippen molar-refractivity contribution in [3.8, 4) is 5.75 Å². The number of likely N-dealkylation sites (tertiary alicyclic amines) is 1. The summed E-state index contributed by atoms with van der Waals surface area (Å²) in [5.74, 6) is 1.16. The minimum absolute atomic E-state index is 0.150. The van der Waals surface area contributed by atoms with Crippen LogP contribution in [-0.4, -0.2) is 42.4 Å². The summed E-state index contributed by atoms with van der Waals surface area (Å²) in [5.41, 5.74) is 0. The molecule has 1 aliphatic rings. The van der Waals surface area contributed by atoms with Crippen LogP contribution in [-0.2, 0) is 0 Å². The highest BCUT2D eigenvalue weighted by atomic mass is 79.9. The number of aliphatic hydroxyl groups is 1. The quantitative estimate of drug-likeness (QED) is 0.907. The number of rotatable bonds is 4. The third-order valence-corrected chi connectivity index (χ3v) is 4.36. The first-order valence-electron chi connectivity index (χ1n) is 6.54. The van der Waals surface area contributed by atoms with E-state index in [0.717, 1.165) is 36.3 Å². The molecule has 3 nitrogen and oxygen atoms in total. The molecule has 1 heterocycles. The standard InChI is InChI=1S/C14H19BrClNO2/c1-10-9-17(5-4-13(10)18)6-7-19-14-3-2-11(16)8-12(14)15/h2-3,8,10,13,18H,4-7,9H2,1H3. The number of halogens is 2. The molecule has 0 amide bonds. The van der Waals surface area contributed by atoms with Crippen molar-refractivity contribution in [2.45, 2.75) is 19.4 Å². The van der Waals surface area contributed by atoms with Gasteiger partial charge in [-0.05, 0) is 46.5 Å². The lowest BCUT2D eigenvalue weighted by atomic mass is 9.97. The molecule has 0 aliphatic carbocycles. The summed E-state index contributed by atoms with van der Waals surface area (Å²) in [7, 11) is 0. The van der Waals surface area contributed by atoms with Gasteiger partial charge in [0.15, 0.2) is 0 Å². The molecule has 0 radical (unpaired) electrons. The average Bonchev–Trinajstić information content (AvgIpc) is 2.36. The second kappa shape index (κ2) is 6.93. The molecule has 0 saturated carbocycles. The number of hydrogen-bond donors (Lipinski definition) is 1. The van der Waals surface area contributed by atoms with Crippen molar-refractivity contribution in [1.29, 1.82) is 0 Å². The fourth-order valence-electron chi connectivity index (χ4n) is 2.30. The van der Waals surface area contributed by atoms with E-state index in [0.29, 0.717) is 17.5 Å². The Morgan fingerprint density at radius 3 is 3.00 bits per heavy atom. The first kappa shape index (κ1) is 15.1. The van der Waals surface area contributed by atoms with Crippen molar-refractivity contribution in [2.75, 3.05) is 26.2 Å². The van der Waals surface area contributed by atoms with E-state index < -0.39 is 0 Å². The maximum atomic E-state index is 9.68. The molecule has 106 valence electrons. The van der Waals surface area contributed by atoms with Crippen LogP contribution in [0.25, 0.3) is 0 Å². The predicted molar refractivity (Wildman–Crippen MR) is 80.9 cm³/mol.